The van der Waals surface area contributed by atoms with Crippen molar-refractivity contribution in [1.29, 1.82) is 0 Å². The van der Waals surface area contributed by atoms with Crippen molar-refractivity contribution in [2.24, 2.45) is 0 Å². The zero-order valence-corrected chi connectivity index (χ0v) is 16.5. The van der Waals surface area contributed by atoms with Gasteiger partial charge < -0.3 is 20.1 Å². The van der Waals surface area contributed by atoms with E-state index in [0.29, 0.717) is 12.0 Å². The van der Waals surface area contributed by atoms with Crippen molar-refractivity contribution < 1.29 is 28.7 Å². The number of nitrogens with one attached hydrogen (secondary N) is 2. The first-order valence-electron chi connectivity index (χ1n) is 9.09. The Morgan fingerprint density at radius 3 is 2.36 bits per heavy atom. The van der Waals surface area contributed by atoms with Gasteiger partial charge in [0.05, 0.1) is 12.7 Å². The predicted octanol–water partition coefficient (Wildman–Crippen LogP) is 1.12. The van der Waals surface area contributed by atoms with Gasteiger partial charge in [0.15, 0.2) is 0 Å². The molecule has 1 saturated heterocycles. The van der Waals surface area contributed by atoms with Gasteiger partial charge >= 0.3 is 11.9 Å². The van der Waals surface area contributed by atoms with E-state index >= 15 is 0 Å². The lowest BCUT2D eigenvalue weighted by atomic mass is 10.0. The van der Waals surface area contributed by atoms with E-state index in [1.807, 2.05) is 0 Å². The molecule has 0 aromatic heterocycles. The molecule has 152 valence electrons. The first-order valence-corrected chi connectivity index (χ1v) is 9.09. The van der Waals surface area contributed by atoms with Gasteiger partial charge in [-0.15, -0.1) is 0 Å². The Bertz CT molecular complexity index is 751. The van der Waals surface area contributed by atoms with Gasteiger partial charge in [-0.2, -0.15) is 0 Å². The summed E-state index contributed by atoms with van der Waals surface area (Å²) in [5.74, 6) is -1.64. The van der Waals surface area contributed by atoms with Gasteiger partial charge in [0.1, 0.15) is 17.7 Å². The number of carbonyl (C=O) groups excluding carboxylic acids is 4. The van der Waals surface area contributed by atoms with Crippen molar-refractivity contribution in [1.82, 2.24) is 10.6 Å². The van der Waals surface area contributed by atoms with Crippen LogP contribution < -0.4 is 10.6 Å². The van der Waals surface area contributed by atoms with Gasteiger partial charge in [0, 0.05) is 12.8 Å². The molecule has 1 aliphatic heterocycles. The molecule has 0 unspecified atom stereocenters. The van der Waals surface area contributed by atoms with Crippen LogP contribution in [-0.4, -0.2) is 48.5 Å². The summed E-state index contributed by atoms with van der Waals surface area (Å²) >= 11 is 0. The molecule has 0 radical (unpaired) electrons. The minimum atomic E-state index is -0.901. The number of hydrogen-bond acceptors (Lipinski definition) is 6. The van der Waals surface area contributed by atoms with Crippen LogP contribution in [0.2, 0.25) is 0 Å². The van der Waals surface area contributed by atoms with E-state index in [2.05, 4.69) is 10.6 Å². The van der Waals surface area contributed by atoms with Crippen molar-refractivity contribution in [3.05, 3.63) is 35.4 Å². The minimum Gasteiger partial charge on any atom is -0.467 e. The Hall–Kier alpha value is -2.90. The highest BCUT2D eigenvalue weighted by Gasteiger charge is 2.31. The lowest BCUT2D eigenvalue weighted by molar-refractivity contribution is -0.145. The maximum atomic E-state index is 12.3. The third kappa shape index (κ3) is 6.07. The fraction of sp³-hybridized carbons (Fsp3) is 0.500. The second-order valence-electron chi connectivity index (χ2n) is 7.65. The average Bonchev–Trinajstić information content (AvgIpc) is 3.06. The van der Waals surface area contributed by atoms with Crippen LogP contribution in [0.25, 0.3) is 0 Å². The quantitative estimate of drug-likeness (QED) is 0.704. The Balaban J connectivity index is 2.03. The van der Waals surface area contributed by atoms with E-state index in [-0.39, 0.29) is 18.7 Å². The molecule has 1 aromatic rings. The zero-order valence-electron chi connectivity index (χ0n) is 16.5. The highest BCUT2D eigenvalue weighted by atomic mass is 16.6. The predicted molar refractivity (Wildman–Crippen MR) is 100 cm³/mol. The van der Waals surface area contributed by atoms with Crippen molar-refractivity contribution in [2.75, 3.05) is 7.11 Å². The average molecular weight is 390 g/mol. The van der Waals surface area contributed by atoms with Gasteiger partial charge in [0.2, 0.25) is 11.8 Å². The molecular formula is C20H26N2O6. The Kier molecular flexibility index (Phi) is 6.77. The van der Waals surface area contributed by atoms with Crippen LogP contribution in [0.1, 0.15) is 49.5 Å². The number of ether oxygens (including phenoxy) is 2. The number of benzene rings is 1. The summed E-state index contributed by atoms with van der Waals surface area (Å²) in [5.41, 5.74) is 0.538. The molecule has 8 heteroatoms. The van der Waals surface area contributed by atoms with Gasteiger partial charge in [-0.25, -0.2) is 9.59 Å². The van der Waals surface area contributed by atoms with Gasteiger partial charge in [-0.05, 0) is 44.9 Å². The molecule has 1 heterocycles. The van der Waals surface area contributed by atoms with Crippen LogP contribution in [0.3, 0.4) is 0 Å². The second-order valence-corrected chi connectivity index (χ2v) is 7.65. The number of carbonyl (C=O) groups is 4. The highest BCUT2D eigenvalue weighted by molar-refractivity contribution is 5.93. The first-order chi connectivity index (χ1) is 13.1. The Morgan fingerprint density at radius 2 is 1.86 bits per heavy atom. The molecule has 2 rings (SSSR count). The number of amides is 2. The van der Waals surface area contributed by atoms with Crippen LogP contribution in [0.4, 0.5) is 0 Å². The monoisotopic (exact) mass is 390 g/mol. The molecule has 0 aliphatic carbocycles. The summed E-state index contributed by atoms with van der Waals surface area (Å²) in [7, 11) is 1.24. The summed E-state index contributed by atoms with van der Waals surface area (Å²) in [5, 5.41) is 5.19. The maximum absolute atomic E-state index is 12.3. The smallest absolute Gasteiger partial charge is 0.338 e. The first kappa shape index (κ1) is 21.4. The SMILES string of the molecule is COC(=O)[C@H](Cc1ccc(C(=O)OC(C)(C)C)cc1)NC(=O)[C@H]1CCC(=O)N1. The minimum absolute atomic E-state index is 0.188. The van der Waals surface area contributed by atoms with E-state index in [1.54, 1.807) is 45.0 Å². The molecule has 0 saturated carbocycles. The number of rotatable bonds is 6. The van der Waals surface area contributed by atoms with E-state index in [9.17, 15) is 19.2 Å². The van der Waals surface area contributed by atoms with E-state index in [4.69, 9.17) is 9.47 Å². The summed E-state index contributed by atoms with van der Waals surface area (Å²) in [6.45, 7) is 5.36. The third-order valence-electron chi connectivity index (χ3n) is 4.14. The fourth-order valence-electron chi connectivity index (χ4n) is 2.77. The van der Waals surface area contributed by atoms with Gasteiger partial charge in [0.25, 0.3) is 0 Å². The molecule has 28 heavy (non-hydrogen) atoms. The lowest BCUT2D eigenvalue weighted by Gasteiger charge is -2.20. The molecule has 0 spiro atoms. The summed E-state index contributed by atoms with van der Waals surface area (Å²) in [6, 6.07) is 5.06. The van der Waals surface area contributed by atoms with Crippen molar-refractivity contribution in [3.63, 3.8) is 0 Å². The Labute approximate surface area is 164 Å². The summed E-state index contributed by atoms with van der Waals surface area (Å²) in [6.07, 6.45) is 0.865. The maximum Gasteiger partial charge on any atom is 0.338 e. The standard InChI is InChI=1S/C20H26N2O6/c1-20(2,3)28-18(25)13-7-5-12(6-8-13)11-15(19(26)27-4)22-17(24)14-9-10-16(23)21-14/h5-8,14-15H,9-11H2,1-4H3,(H,21,23)(H,22,24)/t14-,15+/m1/s1. The number of esters is 2. The van der Waals surface area contributed by atoms with Crippen LogP contribution in [-0.2, 0) is 30.3 Å². The molecule has 1 aliphatic rings. The highest BCUT2D eigenvalue weighted by Crippen LogP contribution is 2.14. The van der Waals surface area contributed by atoms with Crippen LogP contribution >= 0.6 is 0 Å². The van der Waals surface area contributed by atoms with Gasteiger partial charge in [-0.1, -0.05) is 12.1 Å². The summed E-state index contributed by atoms with van der Waals surface area (Å²) in [4.78, 5) is 47.7. The number of hydrogen-bond donors (Lipinski definition) is 2. The third-order valence-corrected chi connectivity index (χ3v) is 4.14. The zero-order chi connectivity index (χ0) is 20.9. The summed E-state index contributed by atoms with van der Waals surface area (Å²) < 4.78 is 10.1. The number of methoxy groups -OCH3 is 1. The normalized spacial score (nSPS) is 17.4. The van der Waals surface area contributed by atoms with Crippen molar-refractivity contribution >= 4 is 23.8 Å². The van der Waals surface area contributed by atoms with Crippen LogP contribution in [0, 0.1) is 0 Å². The molecular weight excluding hydrogens is 364 g/mol. The largest absolute Gasteiger partial charge is 0.467 e. The lowest BCUT2D eigenvalue weighted by Crippen LogP contribution is -2.49. The molecule has 1 aromatic carbocycles. The van der Waals surface area contributed by atoms with Crippen LogP contribution in [0.5, 0.6) is 0 Å². The topological polar surface area (TPSA) is 111 Å². The van der Waals surface area contributed by atoms with Crippen LogP contribution in [0.15, 0.2) is 24.3 Å². The molecule has 0 bridgehead atoms. The second kappa shape index (κ2) is 8.86. The molecule has 8 nitrogen and oxygen atoms in total. The molecule has 2 atom stereocenters. The van der Waals surface area contributed by atoms with E-state index in [0.717, 1.165) is 5.56 Å². The van der Waals surface area contributed by atoms with E-state index < -0.39 is 35.5 Å². The molecule has 2 amide bonds. The molecule has 2 N–H and O–H groups in total. The van der Waals surface area contributed by atoms with E-state index in [1.165, 1.54) is 7.11 Å². The van der Waals surface area contributed by atoms with Crippen molar-refractivity contribution in [3.8, 4) is 0 Å². The Morgan fingerprint density at radius 1 is 1.21 bits per heavy atom. The fourth-order valence-corrected chi connectivity index (χ4v) is 2.77. The van der Waals surface area contributed by atoms with Gasteiger partial charge in [-0.3, -0.25) is 9.59 Å². The molecule has 1 fully saturated rings. The van der Waals surface area contributed by atoms with Crippen molar-refractivity contribution in [2.45, 2.75) is 57.7 Å².